The molecule has 3 fully saturated rings. The maximum absolute atomic E-state index is 13.5. The number of rotatable bonds is 6. The molecule has 1 aromatic heterocycles. The predicted molar refractivity (Wildman–Crippen MR) is 139 cm³/mol. The molecule has 3 aliphatic rings. The van der Waals surface area contributed by atoms with E-state index in [9.17, 15) is 14.7 Å². The highest BCUT2D eigenvalue weighted by Gasteiger charge is 2.68. The van der Waals surface area contributed by atoms with Gasteiger partial charge < -0.3 is 15.1 Å². The van der Waals surface area contributed by atoms with Gasteiger partial charge in [-0.15, -0.1) is 18.3 Å². The number of carbonyl (C=O) groups excluding carboxylic acids is 2. The van der Waals surface area contributed by atoms with Crippen LogP contribution in [0.2, 0.25) is 0 Å². The van der Waals surface area contributed by atoms with Gasteiger partial charge in [0.25, 0.3) is 0 Å². The summed E-state index contributed by atoms with van der Waals surface area (Å²) in [5.41, 5.74) is -0.840. The summed E-state index contributed by atoms with van der Waals surface area (Å²) in [5.74, 6) is -0.145. The third-order valence-corrected chi connectivity index (χ3v) is 10.8. The Bertz CT molecular complexity index is 1060. The van der Waals surface area contributed by atoms with Gasteiger partial charge >= 0.3 is 5.97 Å². The van der Waals surface area contributed by atoms with Gasteiger partial charge in [-0.25, -0.2) is 0 Å². The van der Waals surface area contributed by atoms with Gasteiger partial charge in [0, 0.05) is 46.0 Å². The molecule has 4 rings (SSSR count). The number of carbonyl (C=O) groups is 2. The van der Waals surface area contributed by atoms with Crippen LogP contribution in [-0.4, -0.2) is 51.2 Å². The second-order valence-corrected chi connectivity index (χ2v) is 12.6. The molecule has 7 nitrogen and oxygen atoms in total. The van der Waals surface area contributed by atoms with Crippen LogP contribution in [0.25, 0.3) is 0 Å². The zero-order chi connectivity index (χ0) is 26.3. The molecule has 1 aromatic rings. The van der Waals surface area contributed by atoms with Crippen molar-refractivity contribution in [3.63, 3.8) is 0 Å². The summed E-state index contributed by atoms with van der Waals surface area (Å²) in [6.07, 6.45) is 8.65. The van der Waals surface area contributed by atoms with Crippen molar-refractivity contribution in [1.82, 2.24) is 4.98 Å². The normalized spacial score (nSPS) is 40.4. The predicted octanol–water partition coefficient (Wildman–Crippen LogP) is 4.89. The SMILES string of the molecule is C=C[C@]1(C)C[C@@H](OC(=O)CSc2cncc(/C=N/O)c2)[C@]2(C)[C@H](C)CC[C@]3(CCC(=O)[C@H]32)[C@@H](C)[C@@H]1O. The highest BCUT2D eigenvalue weighted by atomic mass is 32.2. The second-order valence-electron chi connectivity index (χ2n) is 11.6. The number of nitrogens with zero attached hydrogens (tertiary/aromatic N) is 2. The van der Waals surface area contributed by atoms with Crippen LogP contribution in [0.5, 0.6) is 0 Å². The number of hydrogen-bond acceptors (Lipinski definition) is 8. The quantitative estimate of drug-likeness (QED) is 0.139. The standard InChI is InChI=1S/C28H38N2O5S/c1-6-26(4)12-22(35-23(32)16-36-20-11-19(14-30-34)13-29-15-20)27(5)17(2)7-9-28(18(3)25(26)33)10-8-21(31)24(27)28/h6,11,13-15,17-18,22,24-25,33-34H,1,7-10,12,16H2,2-5H3/b30-14+/t17-,18+,22-,24+,25+,26-,27+,28+/m1/s1. The van der Waals surface area contributed by atoms with Crippen molar-refractivity contribution < 1.29 is 24.6 Å². The molecule has 0 spiro atoms. The molecule has 0 amide bonds. The van der Waals surface area contributed by atoms with E-state index in [1.807, 2.05) is 6.92 Å². The van der Waals surface area contributed by atoms with E-state index in [0.717, 1.165) is 24.2 Å². The van der Waals surface area contributed by atoms with E-state index < -0.39 is 23.0 Å². The number of esters is 1. The van der Waals surface area contributed by atoms with E-state index in [1.54, 1.807) is 24.5 Å². The topological polar surface area (TPSA) is 109 Å². The Hall–Kier alpha value is -2.19. The largest absolute Gasteiger partial charge is 0.461 e. The van der Waals surface area contributed by atoms with E-state index >= 15 is 0 Å². The van der Waals surface area contributed by atoms with Crippen LogP contribution in [0.1, 0.15) is 65.4 Å². The second kappa shape index (κ2) is 9.93. The average Bonchev–Trinajstić information content (AvgIpc) is 3.22. The number of hydrogen-bond donors (Lipinski definition) is 2. The van der Waals surface area contributed by atoms with Crippen LogP contribution in [0.15, 0.2) is 41.2 Å². The Balaban J connectivity index is 1.65. The molecular formula is C28H38N2O5S. The van der Waals surface area contributed by atoms with Crippen LogP contribution in [0.4, 0.5) is 0 Å². The third-order valence-electron chi connectivity index (χ3n) is 9.87. The summed E-state index contributed by atoms with van der Waals surface area (Å²) < 4.78 is 6.26. The minimum atomic E-state index is -0.682. The van der Waals surface area contributed by atoms with E-state index in [4.69, 9.17) is 9.94 Å². The van der Waals surface area contributed by atoms with Crippen molar-refractivity contribution in [3.05, 3.63) is 36.7 Å². The molecule has 1 heterocycles. The molecule has 8 heteroatoms. The molecule has 0 unspecified atom stereocenters. The van der Waals surface area contributed by atoms with Gasteiger partial charge in [-0.2, -0.15) is 0 Å². The number of pyridine rings is 1. The van der Waals surface area contributed by atoms with Gasteiger partial charge in [0.2, 0.25) is 0 Å². The first-order valence-electron chi connectivity index (χ1n) is 12.8. The summed E-state index contributed by atoms with van der Waals surface area (Å²) in [4.78, 5) is 31.6. The molecule has 196 valence electrons. The molecule has 0 saturated heterocycles. The molecular weight excluding hydrogens is 476 g/mol. The monoisotopic (exact) mass is 514 g/mol. The lowest BCUT2D eigenvalue weighted by molar-refractivity contribution is -0.205. The average molecular weight is 515 g/mol. The number of ether oxygens (including phenoxy) is 1. The van der Waals surface area contributed by atoms with Gasteiger partial charge in [0.05, 0.1) is 18.1 Å². The van der Waals surface area contributed by atoms with Crippen molar-refractivity contribution in [2.75, 3.05) is 5.75 Å². The van der Waals surface area contributed by atoms with Gasteiger partial charge in [0.15, 0.2) is 0 Å². The fraction of sp³-hybridized carbons (Fsp3) is 0.643. The molecule has 2 N–H and O–H groups in total. The summed E-state index contributed by atoms with van der Waals surface area (Å²) in [7, 11) is 0. The number of Topliss-reactive ketones (excluding diaryl/α,β-unsaturated/α-hetero) is 1. The lowest BCUT2D eigenvalue weighted by Gasteiger charge is -2.61. The van der Waals surface area contributed by atoms with Crippen molar-refractivity contribution in [3.8, 4) is 0 Å². The van der Waals surface area contributed by atoms with Crippen LogP contribution < -0.4 is 0 Å². The van der Waals surface area contributed by atoms with E-state index in [-0.39, 0.29) is 40.7 Å². The van der Waals surface area contributed by atoms with E-state index in [2.05, 4.69) is 37.5 Å². The van der Waals surface area contributed by atoms with Crippen LogP contribution >= 0.6 is 11.8 Å². The minimum Gasteiger partial charge on any atom is -0.461 e. The lowest BCUT2D eigenvalue weighted by Crippen LogP contribution is -2.63. The molecule has 0 aliphatic heterocycles. The third kappa shape index (κ3) is 4.30. The minimum absolute atomic E-state index is 0.0572. The maximum atomic E-state index is 13.5. The first-order chi connectivity index (χ1) is 17.0. The first kappa shape index (κ1) is 26.9. The summed E-state index contributed by atoms with van der Waals surface area (Å²) >= 11 is 1.30. The van der Waals surface area contributed by atoms with Crippen LogP contribution in [0.3, 0.4) is 0 Å². The molecule has 0 aromatic carbocycles. The Labute approximate surface area is 217 Å². The van der Waals surface area contributed by atoms with Crippen molar-refractivity contribution in [2.24, 2.45) is 39.2 Å². The number of aliphatic hydroxyl groups excluding tert-OH is 1. The van der Waals surface area contributed by atoms with Crippen LogP contribution in [-0.2, 0) is 14.3 Å². The summed E-state index contributed by atoms with van der Waals surface area (Å²) in [5, 5.41) is 23.4. The maximum Gasteiger partial charge on any atom is 0.316 e. The first-order valence-corrected chi connectivity index (χ1v) is 13.8. The molecule has 3 aliphatic carbocycles. The zero-order valence-electron chi connectivity index (χ0n) is 21.6. The number of thioether (sulfide) groups is 1. The number of aliphatic hydroxyl groups is 1. The fourth-order valence-corrected chi connectivity index (χ4v) is 8.20. The fourth-order valence-electron chi connectivity index (χ4n) is 7.49. The Morgan fingerprint density at radius 2 is 2.08 bits per heavy atom. The van der Waals surface area contributed by atoms with Crippen molar-refractivity contribution in [2.45, 2.75) is 76.9 Å². The highest BCUT2D eigenvalue weighted by molar-refractivity contribution is 8.00. The summed E-state index contributed by atoms with van der Waals surface area (Å²) in [6, 6.07) is 1.78. The van der Waals surface area contributed by atoms with E-state index in [0.29, 0.717) is 18.4 Å². The van der Waals surface area contributed by atoms with Gasteiger partial charge in [-0.05, 0) is 49.0 Å². The van der Waals surface area contributed by atoms with Crippen molar-refractivity contribution in [1.29, 1.82) is 0 Å². The smallest absolute Gasteiger partial charge is 0.316 e. The van der Waals surface area contributed by atoms with Gasteiger partial charge in [-0.3, -0.25) is 14.6 Å². The van der Waals surface area contributed by atoms with Gasteiger partial charge in [0.1, 0.15) is 11.9 Å². The van der Waals surface area contributed by atoms with Crippen LogP contribution in [0, 0.1) is 34.0 Å². The molecule has 2 bridgehead atoms. The van der Waals surface area contributed by atoms with Crippen molar-refractivity contribution >= 4 is 29.7 Å². The highest BCUT2D eigenvalue weighted by Crippen LogP contribution is 2.68. The van der Waals surface area contributed by atoms with Gasteiger partial charge in [-0.1, -0.05) is 38.9 Å². The zero-order valence-corrected chi connectivity index (χ0v) is 22.5. The molecule has 3 saturated carbocycles. The van der Waals surface area contributed by atoms with E-state index in [1.165, 1.54) is 18.0 Å². The lowest BCUT2D eigenvalue weighted by atomic mass is 9.44. The summed E-state index contributed by atoms with van der Waals surface area (Å²) in [6.45, 7) is 12.5. The molecule has 36 heavy (non-hydrogen) atoms. The Morgan fingerprint density at radius 1 is 1.33 bits per heavy atom. The Kier molecular flexibility index (Phi) is 7.41. The number of aromatic nitrogens is 1. The Morgan fingerprint density at radius 3 is 2.78 bits per heavy atom. The molecule has 8 atom stereocenters. The number of ketones is 1. The molecule has 0 radical (unpaired) electrons. The number of oxime groups is 1.